The maximum absolute atomic E-state index is 12.0. The van der Waals surface area contributed by atoms with Crippen LogP contribution < -0.4 is 5.73 Å². The molecule has 86 valence electrons. The molecule has 0 aliphatic carbocycles. The molecule has 0 saturated carbocycles. The van der Waals surface area contributed by atoms with Crippen LogP contribution in [0.5, 0.6) is 5.75 Å². The summed E-state index contributed by atoms with van der Waals surface area (Å²) in [5, 5.41) is 9.53. The van der Waals surface area contributed by atoms with Crippen LogP contribution in [-0.2, 0) is 0 Å². The lowest BCUT2D eigenvalue weighted by Gasteiger charge is -2.15. The van der Waals surface area contributed by atoms with Gasteiger partial charge in [-0.2, -0.15) is 0 Å². The summed E-state index contributed by atoms with van der Waals surface area (Å²) >= 11 is 0. The van der Waals surface area contributed by atoms with Crippen LogP contribution in [-0.4, -0.2) is 40.0 Å². The van der Waals surface area contributed by atoms with Crippen molar-refractivity contribution in [3.05, 3.63) is 24.0 Å². The Labute approximate surface area is 93.9 Å². The second kappa shape index (κ2) is 4.09. The number of likely N-dealkylation sites (tertiary alicyclic amines) is 1. The topological polar surface area (TPSA) is 79.5 Å². The van der Waals surface area contributed by atoms with Gasteiger partial charge in [0.25, 0.3) is 5.91 Å². The highest BCUT2D eigenvalue weighted by Crippen LogP contribution is 2.20. The fraction of sp³-hybridized carbons (Fsp3) is 0.455. The number of aromatic nitrogens is 1. The maximum Gasteiger partial charge on any atom is 0.276 e. The van der Waals surface area contributed by atoms with E-state index in [1.165, 1.54) is 12.3 Å². The molecular formula is C11H15N3O2. The first-order valence-electron chi connectivity index (χ1n) is 5.28. The number of carbonyl (C=O) groups excluding carboxylic acids is 1. The first-order valence-corrected chi connectivity index (χ1v) is 5.28. The summed E-state index contributed by atoms with van der Waals surface area (Å²) in [6.07, 6.45) is 1.49. The third kappa shape index (κ3) is 1.86. The van der Waals surface area contributed by atoms with Gasteiger partial charge in [0.2, 0.25) is 0 Å². The van der Waals surface area contributed by atoms with Crippen molar-refractivity contribution in [2.75, 3.05) is 13.1 Å². The highest BCUT2D eigenvalue weighted by atomic mass is 16.3. The SMILES string of the molecule is CC1CN(C(=O)c2ncccc2O)CC1N. The van der Waals surface area contributed by atoms with E-state index in [1.807, 2.05) is 6.92 Å². The molecule has 0 radical (unpaired) electrons. The highest BCUT2D eigenvalue weighted by molar-refractivity contribution is 5.95. The van der Waals surface area contributed by atoms with Crippen LogP contribution in [0.1, 0.15) is 17.4 Å². The fourth-order valence-corrected chi connectivity index (χ4v) is 1.87. The van der Waals surface area contributed by atoms with E-state index in [0.29, 0.717) is 13.1 Å². The van der Waals surface area contributed by atoms with Crippen molar-refractivity contribution < 1.29 is 9.90 Å². The number of aromatic hydroxyl groups is 1. The molecule has 0 bridgehead atoms. The molecular weight excluding hydrogens is 206 g/mol. The monoisotopic (exact) mass is 221 g/mol. The number of amides is 1. The van der Waals surface area contributed by atoms with Crippen LogP contribution in [0.2, 0.25) is 0 Å². The van der Waals surface area contributed by atoms with Gasteiger partial charge in [-0.15, -0.1) is 0 Å². The Morgan fingerprint density at radius 2 is 2.38 bits per heavy atom. The quantitative estimate of drug-likeness (QED) is 0.710. The molecule has 2 unspecified atom stereocenters. The van der Waals surface area contributed by atoms with Crippen molar-refractivity contribution in [1.29, 1.82) is 0 Å². The van der Waals surface area contributed by atoms with E-state index in [2.05, 4.69) is 4.98 Å². The van der Waals surface area contributed by atoms with Crippen molar-refractivity contribution >= 4 is 5.91 Å². The maximum atomic E-state index is 12.0. The van der Waals surface area contributed by atoms with E-state index in [1.54, 1.807) is 11.0 Å². The van der Waals surface area contributed by atoms with E-state index in [4.69, 9.17) is 5.73 Å². The zero-order valence-electron chi connectivity index (χ0n) is 9.13. The van der Waals surface area contributed by atoms with Gasteiger partial charge in [0.05, 0.1) is 0 Å². The largest absolute Gasteiger partial charge is 0.505 e. The molecule has 2 rings (SSSR count). The molecule has 2 atom stereocenters. The van der Waals surface area contributed by atoms with Gasteiger partial charge >= 0.3 is 0 Å². The molecule has 1 amide bonds. The number of carbonyl (C=O) groups is 1. The molecule has 3 N–H and O–H groups in total. The first kappa shape index (κ1) is 10.9. The molecule has 5 heteroatoms. The van der Waals surface area contributed by atoms with Crippen molar-refractivity contribution in [3.63, 3.8) is 0 Å². The second-order valence-corrected chi connectivity index (χ2v) is 4.22. The molecule has 1 fully saturated rings. The van der Waals surface area contributed by atoms with Crippen LogP contribution >= 0.6 is 0 Å². The van der Waals surface area contributed by atoms with E-state index < -0.39 is 0 Å². The molecule has 1 aliphatic heterocycles. The molecule has 1 saturated heterocycles. The van der Waals surface area contributed by atoms with Crippen LogP contribution in [0.25, 0.3) is 0 Å². The number of nitrogens with two attached hydrogens (primary N) is 1. The summed E-state index contributed by atoms with van der Waals surface area (Å²) in [7, 11) is 0. The van der Waals surface area contributed by atoms with Gasteiger partial charge in [0.15, 0.2) is 5.69 Å². The third-order valence-electron chi connectivity index (χ3n) is 2.95. The summed E-state index contributed by atoms with van der Waals surface area (Å²) in [6.45, 7) is 3.16. The minimum Gasteiger partial charge on any atom is -0.505 e. The lowest BCUT2D eigenvalue weighted by atomic mass is 10.1. The summed E-state index contributed by atoms with van der Waals surface area (Å²) in [5.74, 6) is -0.0478. The van der Waals surface area contributed by atoms with E-state index >= 15 is 0 Å². The van der Waals surface area contributed by atoms with E-state index in [0.717, 1.165) is 0 Å². The minimum atomic E-state index is -0.252. The lowest BCUT2D eigenvalue weighted by Crippen LogP contribution is -2.32. The molecule has 0 aromatic carbocycles. The predicted molar refractivity (Wildman–Crippen MR) is 58.9 cm³/mol. The highest BCUT2D eigenvalue weighted by Gasteiger charge is 2.31. The van der Waals surface area contributed by atoms with Crippen LogP contribution in [0.3, 0.4) is 0 Å². The summed E-state index contributed by atoms with van der Waals surface area (Å²) in [5.41, 5.74) is 5.95. The molecule has 5 nitrogen and oxygen atoms in total. The average Bonchev–Trinajstić information content (AvgIpc) is 2.59. The van der Waals surface area contributed by atoms with Crippen LogP contribution in [0.15, 0.2) is 18.3 Å². The minimum absolute atomic E-state index is 0.00908. The third-order valence-corrected chi connectivity index (χ3v) is 2.95. The van der Waals surface area contributed by atoms with Gasteiger partial charge in [-0.05, 0) is 18.1 Å². The van der Waals surface area contributed by atoms with Gasteiger partial charge in [0.1, 0.15) is 5.75 Å². The van der Waals surface area contributed by atoms with Crippen molar-refractivity contribution in [2.24, 2.45) is 11.7 Å². The Kier molecular flexibility index (Phi) is 2.78. The van der Waals surface area contributed by atoms with Crippen molar-refractivity contribution in [1.82, 2.24) is 9.88 Å². The van der Waals surface area contributed by atoms with Crippen molar-refractivity contribution in [2.45, 2.75) is 13.0 Å². The van der Waals surface area contributed by atoms with Gasteiger partial charge in [-0.25, -0.2) is 4.98 Å². The molecule has 1 aromatic rings. The second-order valence-electron chi connectivity index (χ2n) is 4.22. The molecule has 2 heterocycles. The predicted octanol–water partition coefficient (Wildman–Crippen LogP) is 0.206. The van der Waals surface area contributed by atoms with Gasteiger partial charge < -0.3 is 15.7 Å². The van der Waals surface area contributed by atoms with Crippen molar-refractivity contribution in [3.8, 4) is 5.75 Å². The van der Waals surface area contributed by atoms with Gasteiger partial charge in [-0.3, -0.25) is 4.79 Å². The number of hydrogen-bond acceptors (Lipinski definition) is 4. The summed E-state index contributed by atoms with van der Waals surface area (Å²) < 4.78 is 0. The normalized spacial score (nSPS) is 24.8. The number of pyridine rings is 1. The first-order chi connectivity index (χ1) is 7.59. The molecule has 1 aromatic heterocycles. The Morgan fingerprint density at radius 3 is 2.94 bits per heavy atom. The summed E-state index contributed by atoms with van der Waals surface area (Å²) in [4.78, 5) is 17.5. The van der Waals surface area contributed by atoms with E-state index in [-0.39, 0.29) is 29.3 Å². The van der Waals surface area contributed by atoms with Gasteiger partial charge in [0, 0.05) is 25.3 Å². The molecule has 16 heavy (non-hydrogen) atoms. The molecule has 1 aliphatic rings. The lowest BCUT2D eigenvalue weighted by molar-refractivity contribution is 0.0777. The number of rotatable bonds is 1. The van der Waals surface area contributed by atoms with Crippen LogP contribution in [0.4, 0.5) is 0 Å². The zero-order valence-corrected chi connectivity index (χ0v) is 9.13. The Bertz CT molecular complexity index is 398. The number of nitrogens with zero attached hydrogens (tertiary/aromatic N) is 2. The standard InChI is InChI=1S/C11H15N3O2/c1-7-5-14(6-8(7)12)11(16)10-9(15)3-2-4-13-10/h2-4,7-8,15H,5-6,12H2,1H3. The number of hydrogen-bond donors (Lipinski definition) is 2. The average molecular weight is 221 g/mol. The smallest absolute Gasteiger partial charge is 0.276 e. The fourth-order valence-electron chi connectivity index (χ4n) is 1.87. The zero-order chi connectivity index (χ0) is 11.7. The summed E-state index contributed by atoms with van der Waals surface area (Å²) in [6, 6.07) is 3.05. The van der Waals surface area contributed by atoms with E-state index in [9.17, 15) is 9.90 Å². The Balaban J connectivity index is 2.18. The Morgan fingerprint density at radius 1 is 1.62 bits per heavy atom. The van der Waals surface area contributed by atoms with Gasteiger partial charge in [-0.1, -0.05) is 6.92 Å². The Hall–Kier alpha value is -1.62. The molecule has 0 spiro atoms. The van der Waals surface area contributed by atoms with Crippen LogP contribution in [0, 0.1) is 5.92 Å².